The van der Waals surface area contributed by atoms with Gasteiger partial charge in [-0.1, -0.05) is 0 Å². The molecule has 2 fully saturated rings. The van der Waals surface area contributed by atoms with Crippen molar-refractivity contribution in [3.05, 3.63) is 0 Å². The highest BCUT2D eigenvalue weighted by molar-refractivity contribution is 5.79. The van der Waals surface area contributed by atoms with E-state index >= 15 is 0 Å². The van der Waals surface area contributed by atoms with Crippen LogP contribution < -0.4 is 0 Å². The lowest BCUT2D eigenvalue weighted by Gasteiger charge is -2.08. The van der Waals surface area contributed by atoms with Gasteiger partial charge in [0.25, 0.3) is 0 Å². The minimum absolute atomic E-state index is 0.296. The number of carboxylic acids is 1. The third kappa shape index (κ3) is 0.475. The molecule has 3 atom stereocenters. The zero-order chi connectivity index (χ0) is 7.35. The molecule has 10 heavy (non-hydrogen) atoms. The summed E-state index contributed by atoms with van der Waals surface area (Å²) in [7, 11) is 0. The molecule has 2 aliphatic rings. The Balaban J connectivity index is 2.17. The molecule has 0 aromatic rings. The summed E-state index contributed by atoms with van der Waals surface area (Å²) in [6, 6.07) is 0. The number of carboxylic acid groups (broad SMARTS) is 1. The third-order valence-corrected chi connectivity index (χ3v) is 2.97. The molecule has 2 rings (SSSR count). The van der Waals surface area contributed by atoms with E-state index in [0.29, 0.717) is 25.0 Å². The van der Waals surface area contributed by atoms with E-state index in [1.165, 1.54) is 0 Å². The van der Waals surface area contributed by atoms with Crippen molar-refractivity contribution in [2.24, 2.45) is 17.3 Å². The largest absolute Gasteiger partial charge is 0.481 e. The highest BCUT2D eigenvalue weighted by Gasteiger charge is 2.69. The van der Waals surface area contributed by atoms with E-state index < -0.39 is 11.4 Å². The third-order valence-electron chi connectivity index (χ3n) is 2.97. The van der Waals surface area contributed by atoms with Crippen LogP contribution in [-0.4, -0.2) is 24.3 Å². The maximum Gasteiger partial charge on any atom is 0.310 e. The smallest absolute Gasteiger partial charge is 0.310 e. The first-order valence-corrected chi connectivity index (χ1v) is 3.48. The van der Waals surface area contributed by atoms with Crippen LogP contribution in [0.15, 0.2) is 0 Å². The molecule has 1 unspecified atom stereocenters. The number of aliphatic carboxylic acids is 1. The number of carbonyl (C=O) groups is 1. The van der Waals surface area contributed by atoms with Gasteiger partial charge in [-0.3, -0.25) is 4.79 Å². The number of ether oxygens (including phenoxy) is 1. The highest BCUT2D eigenvalue weighted by atomic mass is 16.5. The number of fused-ring (bicyclic) bond motifs is 1. The van der Waals surface area contributed by atoms with Crippen LogP contribution in [0.3, 0.4) is 0 Å². The Hall–Kier alpha value is -0.570. The Kier molecular flexibility index (Phi) is 0.944. The van der Waals surface area contributed by atoms with Crippen LogP contribution in [-0.2, 0) is 9.53 Å². The Labute approximate surface area is 59.0 Å². The van der Waals surface area contributed by atoms with Crippen LogP contribution >= 0.6 is 0 Å². The second-order valence-corrected chi connectivity index (χ2v) is 3.34. The van der Waals surface area contributed by atoms with Crippen LogP contribution in [0.1, 0.15) is 6.92 Å². The van der Waals surface area contributed by atoms with Crippen molar-refractivity contribution in [2.75, 3.05) is 13.2 Å². The van der Waals surface area contributed by atoms with Gasteiger partial charge >= 0.3 is 5.97 Å². The van der Waals surface area contributed by atoms with E-state index in [2.05, 4.69) is 0 Å². The lowest BCUT2D eigenvalue weighted by atomic mass is 10.1. The summed E-state index contributed by atoms with van der Waals surface area (Å²) in [6.07, 6.45) is 0. The maximum atomic E-state index is 10.6. The summed E-state index contributed by atoms with van der Waals surface area (Å²) in [4.78, 5) is 10.6. The molecule has 1 saturated carbocycles. The van der Waals surface area contributed by atoms with Crippen molar-refractivity contribution < 1.29 is 14.6 Å². The average molecular weight is 142 g/mol. The van der Waals surface area contributed by atoms with Gasteiger partial charge in [0.1, 0.15) is 0 Å². The minimum Gasteiger partial charge on any atom is -0.481 e. The fourth-order valence-electron chi connectivity index (χ4n) is 1.92. The molecule has 3 heteroatoms. The van der Waals surface area contributed by atoms with E-state index in [1.807, 2.05) is 6.92 Å². The summed E-state index contributed by atoms with van der Waals surface area (Å²) < 4.78 is 5.09. The van der Waals surface area contributed by atoms with Crippen molar-refractivity contribution in [1.29, 1.82) is 0 Å². The molecule has 0 radical (unpaired) electrons. The predicted molar refractivity (Wildman–Crippen MR) is 33.5 cm³/mol. The fraction of sp³-hybridized carbons (Fsp3) is 0.857. The first-order valence-electron chi connectivity index (χ1n) is 3.48. The van der Waals surface area contributed by atoms with Gasteiger partial charge in [0.2, 0.25) is 0 Å². The Bertz CT molecular complexity index is 177. The molecule has 1 aliphatic heterocycles. The van der Waals surface area contributed by atoms with E-state index in [-0.39, 0.29) is 0 Å². The standard InChI is InChI=1S/C7H10O3/c1-7(6(8)9)4-2-10-3-5(4)7/h4-5H,2-3H2,1H3,(H,8,9)/t4-,5+,7?. The van der Waals surface area contributed by atoms with Gasteiger partial charge in [0, 0.05) is 11.8 Å². The van der Waals surface area contributed by atoms with Crippen LogP contribution in [0.5, 0.6) is 0 Å². The second-order valence-electron chi connectivity index (χ2n) is 3.34. The molecule has 1 saturated heterocycles. The molecule has 56 valence electrons. The van der Waals surface area contributed by atoms with Gasteiger partial charge in [-0.2, -0.15) is 0 Å². The maximum absolute atomic E-state index is 10.6. The van der Waals surface area contributed by atoms with Gasteiger partial charge in [-0.15, -0.1) is 0 Å². The summed E-state index contributed by atoms with van der Waals surface area (Å²) in [5.74, 6) is -0.0687. The van der Waals surface area contributed by atoms with Crippen molar-refractivity contribution in [2.45, 2.75) is 6.92 Å². The summed E-state index contributed by atoms with van der Waals surface area (Å²) in [6.45, 7) is 3.11. The SMILES string of the molecule is CC1(C(=O)O)[C@@H]2COC[C@@H]21. The summed E-state index contributed by atoms with van der Waals surface area (Å²) in [5.41, 5.74) is -0.446. The Morgan fingerprint density at radius 1 is 1.60 bits per heavy atom. The molecular weight excluding hydrogens is 132 g/mol. The Morgan fingerprint density at radius 3 is 2.40 bits per heavy atom. The van der Waals surface area contributed by atoms with Gasteiger partial charge in [-0.25, -0.2) is 0 Å². The first-order chi connectivity index (χ1) is 4.67. The first kappa shape index (κ1) is 6.16. The predicted octanol–water partition coefficient (Wildman–Crippen LogP) is 0.353. The highest BCUT2D eigenvalue weighted by Crippen LogP contribution is 2.61. The average Bonchev–Trinajstić information content (AvgIpc) is 2.28. The zero-order valence-corrected chi connectivity index (χ0v) is 5.83. The van der Waals surface area contributed by atoms with Crippen molar-refractivity contribution >= 4 is 5.97 Å². The van der Waals surface area contributed by atoms with E-state index in [0.717, 1.165) is 0 Å². The molecule has 0 bridgehead atoms. The van der Waals surface area contributed by atoms with Crippen LogP contribution in [0.4, 0.5) is 0 Å². The van der Waals surface area contributed by atoms with Gasteiger partial charge in [-0.05, 0) is 6.92 Å². The van der Waals surface area contributed by atoms with Gasteiger partial charge < -0.3 is 9.84 Å². The van der Waals surface area contributed by atoms with Crippen molar-refractivity contribution in [3.63, 3.8) is 0 Å². The van der Waals surface area contributed by atoms with Crippen molar-refractivity contribution in [1.82, 2.24) is 0 Å². The zero-order valence-electron chi connectivity index (χ0n) is 5.83. The molecule has 0 aromatic carbocycles. The molecule has 0 amide bonds. The fourth-order valence-corrected chi connectivity index (χ4v) is 1.92. The monoisotopic (exact) mass is 142 g/mol. The van der Waals surface area contributed by atoms with Crippen molar-refractivity contribution in [3.8, 4) is 0 Å². The molecule has 1 heterocycles. The Morgan fingerprint density at radius 2 is 2.10 bits per heavy atom. The van der Waals surface area contributed by atoms with Crippen LogP contribution in [0.2, 0.25) is 0 Å². The molecule has 1 N–H and O–H groups in total. The quantitative estimate of drug-likeness (QED) is 0.574. The number of hydrogen-bond acceptors (Lipinski definition) is 2. The topological polar surface area (TPSA) is 46.5 Å². The lowest BCUT2D eigenvalue weighted by molar-refractivity contribution is -0.145. The number of rotatable bonds is 1. The molecule has 0 aromatic heterocycles. The summed E-state index contributed by atoms with van der Waals surface area (Å²) in [5, 5.41) is 8.76. The summed E-state index contributed by atoms with van der Waals surface area (Å²) >= 11 is 0. The van der Waals surface area contributed by atoms with E-state index in [9.17, 15) is 4.79 Å². The minimum atomic E-state index is -0.661. The van der Waals surface area contributed by atoms with Gasteiger partial charge in [0.05, 0.1) is 18.6 Å². The van der Waals surface area contributed by atoms with E-state index in [1.54, 1.807) is 0 Å². The van der Waals surface area contributed by atoms with Crippen LogP contribution in [0.25, 0.3) is 0 Å². The molecule has 3 nitrogen and oxygen atoms in total. The lowest BCUT2D eigenvalue weighted by Crippen LogP contribution is -2.19. The normalized spacial score (nSPS) is 50.5. The number of hydrogen-bond donors (Lipinski definition) is 1. The molecule has 0 spiro atoms. The van der Waals surface area contributed by atoms with E-state index in [4.69, 9.17) is 9.84 Å². The molecular formula is C7H10O3. The second kappa shape index (κ2) is 1.53. The van der Waals surface area contributed by atoms with Gasteiger partial charge in [0.15, 0.2) is 0 Å². The van der Waals surface area contributed by atoms with Crippen LogP contribution in [0, 0.1) is 17.3 Å². The molecule has 1 aliphatic carbocycles.